The molecule has 3 rings (SSSR count). The van der Waals surface area contributed by atoms with Crippen molar-refractivity contribution in [2.45, 2.75) is 79.6 Å². The maximum atomic E-state index is 13.2. The summed E-state index contributed by atoms with van der Waals surface area (Å²) >= 11 is 7.59. The molecule has 0 bridgehead atoms. The molecule has 1 amide bonds. The minimum atomic E-state index is -1.38. The normalized spacial score (nSPS) is 43.3. The summed E-state index contributed by atoms with van der Waals surface area (Å²) in [7, 11) is 1.91. The number of halogens is 1. The number of nitrogens with zero attached hydrogens (tertiary/aromatic N) is 1. The number of aliphatic hydroxyl groups excluding tert-OH is 3. The number of hydrogen-bond acceptors (Lipinski definition) is 8. The number of carbonyl (C=O) groups excluding carboxylic acids is 1. The Hall–Kier alpha value is -0.130. The molecule has 0 spiro atoms. The van der Waals surface area contributed by atoms with Crippen LogP contribution in [0.3, 0.4) is 0 Å². The van der Waals surface area contributed by atoms with Crippen molar-refractivity contribution in [3.63, 3.8) is 0 Å². The summed E-state index contributed by atoms with van der Waals surface area (Å²) in [6, 6.07) is -1.18. The molecule has 29 heavy (non-hydrogen) atoms. The van der Waals surface area contributed by atoms with Crippen LogP contribution in [-0.2, 0) is 14.3 Å². The summed E-state index contributed by atoms with van der Waals surface area (Å²) in [5.74, 6) is 0.0935. The van der Waals surface area contributed by atoms with Gasteiger partial charge in [-0.2, -0.15) is 0 Å². The van der Waals surface area contributed by atoms with E-state index >= 15 is 0 Å². The maximum absolute atomic E-state index is 13.2. The molecule has 0 aliphatic carbocycles. The minimum Gasteiger partial charge on any atom is -0.388 e. The molecule has 10 atom stereocenters. The zero-order valence-electron chi connectivity index (χ0n) is 17.1. The highest BCUT2D eigenvalue weighted by molar-refractivity contribution is 7.99. The van der Waals surface area contributed by atoms with E-state index in [0.717, 1.165) is 25.8 Å². The Labute approximate surface area is 181 Å². The number of thioether (sulfide) groups is 1. The quantitative estimate of drug-likeness (QED) is 0.423. The molecule has 0 radical (unpaired) electrons. The molecule has 10 heteroatoms. The minimum absolute atomic E-state index is 0.169. The van der Waals surface area contributed by atoms with Gasteiger partial charge in [0.25, 0.3) is 0 Å². The number of rotatable bonds is 5. The maximum Gasteiger partial charge on any atom is 0.240 e. The Balaban J connectivity index is 1.75. The first-order chi connectivity index (χ1) is 13.8. The zero-order valence-corrected chi connectivity index (χ0v) is 18.7. The molecule has 3 fully saturated rings. The van der Waals surface area contributed by atoms with Gasteiger partial charge in [-0.1, -0.05) is 6.42 Å². The van der Waals surface area contributed by atoms with Gasteiger partial charge in [-0.05, 0) is 39.0 Å². The van der Waals surface area contributed by atoms with Gasteiger partial charge >= 0.3 is 0 Å². The van der Waals surface area contributed by atoms with Crippen LogP contribution < -0.4 is 5.32 Å². The fourth-order valence-electron chi connectivity index (χ4n) is 4.73. The lowest BCUT2D eigenvalue weighted by Crippen LogP contribution is -2.65. The van der Waals surface area contributed by atoms with Crippen LogP contribution in [-0.4, -0.2) is 106 Å². The summed E-state index contributed by atoms with van der Waals surface area (Å²) < 4.78 is 11.8. The summed E-state index contributed by atoms with van der Waals surface area (Å²) in [4.78, 5) is 15.2. The van der Waals surface area contributed by atoms with Gasteiger partial charge in [-0.3, -0.25) is 9.69 Å². The molecule has 0 saturated carbocycles. The SMILES string of the molecule is CSC1O[C@H]([C@H](NC(=O)[C@@H]2[C@@H]3OCCCC[C@H]3CN2C)[C@H](C)Cl)C(O)C(O)[C@H]1O. The summed E-state index contributed by atoms with van der Waals surface area (Å²) in [5, 5.41) is 33.2. The summed E-state index contributed by atoms with van der Waals surface area (Å²) in [5.41, 5.74) is -0.725. The molecule has 0 aromatic rings. The molecule has 3 unspecified atom stereocenters. The van der Waals surface area contributed by atoms with Gasteiger partial charge in [0.2, 0.25) is 5.91 Å². The fraction of sp³-hybridized carbons (Fsp3) is 0.947. The van der Waals surface area contributed by atoms with Crippen LogP contribution in [0.2, 0.25) is 0 Å². The van der Waals surface area contributed by atoms with Crippen molar-refractivity contribution in [2.75, 3.05) is 26.5 Å². The third-order valence-electron chi connectivity index (χ3n) is 6.32. The number of alkyl halides is 1. The lowest BCUT2D eigenvalue weighted by Gasteiger charge is -2.44. The lowest BCUT2D eigenvalue weighted by atomic mass is 9.92. The smallest absolute Gasteiger partial charge is 0.240 e. The number of amides is 1. The average Bonchev–Trinajstić information content (AvgIpc) is 2.83. The van der Waals surface area contributed by atoms with E-state index in [-0.39, 0.29) is 12.0 Å². The van der Waals surface area contributed by atoms with Crippen molar-refractivity contribution in [1.29, 1.82) is 0 Å². The molecule has 0 aromatic heterocycles. The number of ether oxygens (including phenoxy) is 2. The van der Waals surface area contributed by atoms with Gasteiger partial charge in [0.15, 0.2) is 0 Å². The van der Waals surface area contributed by atoms with Crippen molar-refractivity contribution in [3.8, 4) is 0 Å². The van der Waals surface area contributed by atoms with E-state index in [1.54, 1.807) is 13.2 Å². The van der Waals surface area contributed by atoms with E-state index in [1.807, 2.05) is 11.9 Å². The first kappa shape index (κ1) is 23.5. The monoisotopic (exact) mass is 452 g/mol. The van der Waals surface area contributed by atoms with Crippen LogP contribution in [0.1, 0.15) is 26.2 Å². The van der Waals surface area contributed by atoms with E-state index in [1.165, 1.54) is 11.8 Å². The Bertz CT molecular complexity index is 571. The van der Waals surface area contributed by atoms with Crippen LogP contribution in [0, 0.1) is 5.92 Å². The van der Waals surface area contributed by atoms with Crippen molar-refractivity contribution < 1.29 is 29.6 Å². The number of fused-ring (bicyclic) bond motifs is 1. The molecule has 3 heterocycles. The molecule has 3 aliphatic rings. The van der Waals surface area contributed by atoms with Crippen molar-refractivity contribution >= 4 is 29.3 Å². The van der Waals surface area contributed by atoms with Crippen LogP contribution in [0.15, 0.2) is 0 Å². The Morgan fingerprint density at radius 3 is 2.62 bits per heavy atom. The van der Waals surface area contributed by atoms with Crippen molar-refractivity contribution in [2.24, 2.45) is 5.92 Å². The van der Waals surface area contributed by atoms with Crippen LogP contribution in [0.25, 0.3) is 0 Å². The standard InChI is InChI=1S/C19H33ClN2O6S/c1-9(20)11(17-14(24)13(23)15(25)19(28-17)29-3)21-18(26)12-16-10(8-22(12)2)6-4-5-7-27-16/h9-17,19,23-25H,4-8H2,1-3H3,(H,21,26)/t9-,10-,11+,12-,13?,14?,15+,16+,17+,19?/m0/s1. The van der Waals surface area contributed by atoms with E-state index in [4.69, 9.17) is 21.1 Å². The predicted molar refractivity (Wildman–Crippen MR) is 111 cm³/mol. The number of likely N-dealkylation sites (tertiary alicyclic amines) is 1. The first-order valence-corrected chi connectivity index (χ1v) is 12.0. The van der Waals surface area contributed by atoms with Crippen molar-refractivity contribution in [1.82, 2.24) is 10.2 Å². The van der Waals surface area contributed by atoms with Gasteiger partial charge in [0, 0.05) is 13.2 Å². The Morgan fingerprint density at radius 1 is 1.24 bits per heavy atom. The number of hydrogen-bond donors (Lipinski definition) is 4. The van der Waals surface area contributed by atoms with E-state index in [0.29, 0.717) is 12.5 Å². The molecule has 3 aliphatic heterocycles. The third-order valence-corrected chi connectivity index (χ3v) is 7.44. The molecule has 0 aromatic carbocycles. The average molecular weight is 453 g/mol. The van der Waals surface area contributed by atoms with E-state index in [2.05, 4.69) is 5.32 Å². The van der Waals surface area contributed by atoms with E-state index < -0.39 is 47.3 Å². The highest BCUT2D eigenvalue weighted by Crippen LogP contribution is 2.33. The van der Waals surface area contributed by atoms with Gasteiger partial charge < -0.3 is 30.1 Å². The van der Waals surface area contributed by atoms with Crippen LogP contribution >= 0.6 is 23.4 Å². The van der Waals surface area contributed by atoms with E-state index in [9.17, 15) is 20.1 Å². The number of likely N-dealkylation sites (N-methyl/N-ethyl adjacent to an activating group) is 1. The van der Waals surface area contributed by atoms with Gasteiger partial charge in [0.1, 0.15) is 35.9 Å². The summed E-state index contributed by atoms with van der Waals surface area (Å²) in [6.07, 6.45) is -0.208. The third kappa shape index (κ3) is 4.87. The number of nitrogens with one attached hydrogen (secondary N) is 1. The topological polar surface area (TPSA) is 111 Å². The molecular formula is C19H33ClN2O6S. The zero-order chi connectivity index (χ0) is 21.3. The highest BCUT2D eigenvalue weighted by atomic mass is 35.5. The molecule has 8 nitrogen and oxygen atoms in total. The summed E-state index contributed by atoms with van der Waals surface area (Å²) in [6.45, 7) is 3.15. The van der Waals surface area contributed by atoms with Crippen molar-refractivity contribution in [3.05, 3.63) is 0 Å². The second-order valence-electron chi connectivity index (χ2n) is 8.36. The van der Waals surface area contributed by atoms with Crippen LogP contribution in [0.5, 0.6) is 0 Å². The highest BCUT2D eigenvalue weighted by Gasteiger charge is 2.50. The van der Waals surface area contributed by atoms with Gasteiger partial charge in [-0.15, -0.1) is 23.4 Å². The number of carbonyl (C=O) groups is 1. The lowest BCUT2D eigenvalue weighted by molar-refractivity contribution is -0.205. The van der Waals surface area contributed by atoms with Gasteiger partial charge in [0.05, 0.1) is 17.5 Å². The van der Waals surface area contributed by atoms with Crippen LogP contribution in [0.4, 0.5) is 0 Å². The Morgan fingerprint density at radius 2 is 1.97 bits per heavy atom. The molecule has 168 valence electrons. The predicted octanol–water partition coefficient (Wildman–Crippen LogP) is -0.232. The fourth-order valence-corrected chi connectivity index (χ4v) is 5.62. The van der Waals surface area contributed by atoms with Gasteiger partial charge in [-0.25, -0.2) is 0 Å². The molecule has 4 N–H and O–H groups in total. The Kier molecular flexibility index (Phi) is 8.11. The molecule has 3 saturated heterocycles. The molecular weight excluding hydrogens is 420 g/mol. The number of aliphatic hydroxyl groups is 3. The largest absolute Gasteiger partial charge is 0.388 e. The second kappa shape index (κ2) is 9.99. The second-order valence-corrected chi connectivity index (χ2v) is 9.99. The first-order valence-electron chi connectivity index (χ1n) is 10.2.